The van der Waals surface area contributed by atoms with Crippen molar-refractivity contribution in [3.8, 4) is 0 Å². The minimum Gasteiger partial charge on any atom is -0.278 e. The minimum absolute atomic E-state index is 0.0619. The van der Waals surface area contributed by atoms with Gasteiger partial charge in [0.25, 0.3) is 0 Å². The van der Waals surface area contributed by atoms with Crippen LogP contribution in [-0.2, 0) is 9.59 Å². The molecule has 116 valence electrons. The summed E-state index contributed by atoms with van der Waals surface area (Å²) in [5.41, 5.74) is -0.852. The molecule has 1 aromatic carbocycles. The van der Waals surface area contributed by atoms with Crippen LogP contribution < -0.4 is 4.90 Å². The van der Waals surface area contributed by atoms with Gasteiger partial charge in [-0.1, -0.05) is 12.2 Å². The number of amides is 2. The number of fused-ring (bicyclic) bond motifs is 2. The lowest BCUT2D eigenvalue weighted by molar-refractivity contribution is -0.387. The van der Waals surface area contributed by atoms with Crippen molar-refractivity contribution < 1.29 is 18.9 Å². The van der Waals surface area contributed by atoms with Crippen molar-refractivity contribution in [3.63, 3.8) is 0 Å². The van der Waals surface area contributed by atoms with E-state index in [9.17, 15) is 24.1 Å². The van der Waals surface area contributed by atoms with Crippen LogP contribution in [0.1, 0.15) is 19.3 Å². The van der Waals surface area contributed by atoms with Gasteiger partial charge >= 0.3 is 5.69 Å². The average Bonchev–Trinajstić information content (AvgIpc) is 3.15. The molecule has 0 saturated heterocycles. The average molecular weight is 306 g/mol. The molecule has 2 amide bonds. The highest BCUT2D eigenvalue weighted by Crippen LogP contribution is 2.38. The number of halogens is 1. The summed E-state index contributed by atoms with van der Waals surface area (Å²) in [6, 6.07) is 2.71. The number of nitro benzene ring substituents is 1. The van der Waals surface area contributed by atoms with Crippen LogP contribution in [0, 0.1) is 27.8 Å². The van der Waals surface area contributed by atoms with Crippen LogP contribution in [-0.4, -0.2) is 17.7 Å². The maximum Gasteiger partial charge on any atom is 0.306 e. The van der Waals surface area contributed by atoms with Gasteiger partial charge in [-0.15, -0.1) is 0 Å². The Morgan fingerprint density at radius 3 is 2.14 bits per heavy atom. The summed E-state index contributed by atoms with van der Waals surface area (Å²) in [6.45, 7) is 0. The van der Waals surface area contributed by atoms with Gasteiger partial charge in [0.1, 0.15) is 0 Å². The van der Waals surface area contributed by atoms with Crippen LogP contribution in [0.4, 0.5) is 15.8 Å². The predicted octanol–water partition coefficient (Wildman–Crippen LogP) is 2.83. The Morgan fingerprint density at radius 1 is 1.18 bits per heavy atom. The number of anilines is 1. The van der Waals surface area contributed by atoms with Crippen molar-refractivity contribution in [1.29, 1.82) is 0 Å². The second kappa shape index (κ2) is 6.93. The lowest BCUT2D eigenvalue weighted by atomic mass is 10.1. The molecule has 22 heavy (non-hydrogen) atoms. The Bertz CT molecular complexity index is 598. The highest BCUT2D eigenvalue weighted by molar-refractivity contribution is 5.95. The normalized spacial score (nSPS) is 21.0. The van der Waals surface area contributed by atoms with Crippen LogP contribution in [0.15, 0.2) is 30.4 Å². The lowest BCUT2D eigenvalue weighted by Crippen LogP contribution is -2.18. The number of rotatable bonds is 4. The summed E-state index contributed by atoms with van der Waals surface area (Å²) in [5.74, 6) is 0.954. The van der Waals surface area contributed by atoms with Gasteiger partial charge in [-0.2, -0.15) is 4.39 Å². The number of carbonyl (C=O) groups excluding carboxylic acids is 2. The standard InChI is InChI=1S/C8H5FN2O4.C7H10/c9-7-2-1-6(10(4-12)5-13)3-8(7)11(14)15;1-2-7-4-3-6(1)5-7/h1-5H;1-2,6-7H,3-5H2. The number of carbonyl (C=O) groups is 2. The van der Waals surface area contributed by atoms with Crippen molar-refractivity contribution in [2.45, 2.75) is 19.3 Å². The highest BCUT2D eigenvalue weighted by Gasteiger charge is 2.25. The van der Waals surface area contributed by atoms with Crippen molar-refractivity contribution in [3.05, 3.63) is 46.3 Å². The van der Waals surface area contributed by atoms with E-state index in [4.69, 9.17) is 0 Å². The summed E-state index contributed by atoms with van der Waals surface area (Å²) in [6.07, 6.45) is 9.53. The van der Waals surface area contributed by atoms with E-state index >= 15 is 0 Å². The first-order chi connectivity index (χ1) is 10.5. The van der Waals surface area contributed by atoms with Crippen LogP contribution >= 0.6 is 0 Å². The first-order valence-electron chi connectivity index (χ1n) is 6.86. The molecule has 1 saturated carbocycles. The molecule has 0 N–H and O–H groups in total. The number of allylic oxidation sites excluding steroid dienone is 2. The fourth-order valence-corrected chi connectivity index (χ4v) is 2.66. The molecule has 0 radical (unpaired) electrons. The van der Waals surface area contributed by atoms with Crippen molar-refractivity contribution in [1.82, 2.24) is 0 Å². The molecule has 2 bridgehead atoms. The fourth-order valence-electron chi connectivity index (χ4n) is 2.66. The molecule has 0 heterocycles. The van der Waals surface area contributed by atoms with E-state index in [0.717, 1.165) is 30.0 Å². The maximum absolute atomic E-state index is 12.9. The zero-order chi connectivity index (χ0) is 16.1. The third-order valence-corrected chi connectivity index (χ3v) is 3.82. The third kappa shape index (κ3) is 3.55. The smallest absolute Gasteiger partial charge is 0.278 e. The highest BCUT2D eigenvalue weighted by atomic mass is 19.1. The molecule has 2 unspecified atom stereocenters. The van der Waals surface area contributed by atoms with E-state index in [1.807, 2.05) is 0 Å². The number of hydrogen-bond donors (Lipinski definition) is 0. The number of nitro groups is 1. The molecule has 1 fully saturated rings. The van der Waals surface area contributed by atoms with Gasteiger partial charge in [0.05, 0.1) is 10.6 Å². The predicted molar refractivity (Wildman–Crippen MR) is 77.6 cm³/mol. The second-order valence-electron chi connectivity index (χ2n) is 5.23. The van der Waals surface area contributed by atoms with Gasteiger partial charge in [-0.3, -0.25) is 24.6 Å². The first-order valence-corrected chi connectivity index (χ1v) is 6.86. The molecule has 0 aliphatic heterocycles. The van der Waals surface area contributed by atoms with Gasteiger partial charge in [0, 0.05) is 6.07 Å². The molecule has 0 spiro atoms. The summed E-state index contributed by atoms with van der Waals surface area (Å²) >= 11 is 0. The SMILES string of the molecule is C1=CC2CCC1C2.O=CN(C=O)c1ccc(F)c([N+](=O)[O-])c1. The number of benzene rings is 1. The Kier molecular flexibility index (Phi) is 4.98. The fraction of sp³-hybridized carbons (Fsp3) is 0.333. The molecule has 2 atom stereocenters. The summed E-state index contributed by atoms with van der Waals surface area (Å²) in [4.78, 5) is 30.6. The van der Waals surface area contributed by atoms with Gasteiger partial charge in [-0.05, 0) is 43.2 Å². The maximum atomic E-state index is 12.9. The van der Waals surface area contributed by atoms with Crippen LogP contribution in [0.5, 0.6) is 0 Å². The summed E-state index contributed by atoms with van der Waals surface area (Å²) in [5, 5.41) is 10.3. The van der Waals surface area contributed by atoms with E-state index in [2.05, 4.69) is 12.2 Å². The van der Waals surface area contributed by atoms with Crippen LogP contribution in [0.3, 0.4) is 0 Å². The van der Waals surface area contributed by atoms with Crippen molar-refractivity contribution in [2.24, 2.45) is 11.8 Å². The number of imide groups is 1. The first kappa shape index (κ1) is 15.8. The van der Waals surface area contributed by atoms with Gasteiger partial charge in [-0.25, -0.2) is 0 Å². The van der Waals surface area contributed by atoms with E-state index < -0.39 is 16.4 Å². The zero-order valence-electron chi connectivity index (χ0n) is 11.7. The summed E-state index contributed by atoms with van der Waals surface area (Å²) < 4.78 is 12.9. The van der Waals surface area contributed by atoms with Crippen molar-refractivity contribution >= 4 is 24.2 Å². The van der Waals surface area contributed by atoms with E-state index in [0.29, 0.717) is 4.90 Å². The molecule has 3 rings (SSSR count). The number of nitrogens with zero attached hydrogens (tertiary/aromatic N) is 2. The van der Waals surface area contributed by atoms with Crippen molar-refractivity contribution in [2.75, 3.05) is 4.90 Å². The molecule has 0 aromatic heterocycles. The zero-order valence-corrected chi connectivity index (χ0v) is 11.7. The Morgan fingerprint density at radius 2 is 1.77 bits per heavy atom. The molecule has 1 aromatic rings. The van der Waals surface area contributed by atoms with Crippen LogP contribution in [0.2, 0.25) is 0 Å². The Balaban J connectivity index is 0.000000205. The molecular formula is C15H15FN2O4. The lowest BCUT2D eigenvalue weighted by Gasteiger charge is -2.07. The van der Waals surface area contributed by atoms with Gasteiger partial charge < -0.3 is 0 Å². The Labute approximate surface area is 126 Å². The molecule has 2 aliphatic rings. The largest absolute Gasteiger partial charge is 0.306 e. The topological polar surface area (TPSA) is 80.5 Å². The van der Waals surface area contributed by atoms with E-state index in [1.165, 1.54) is 19.3 Å². The van der Waals surface area contributed by atoms with Gasteiger partial charge in [0.2, 0.25) is 18.6 Å². The molecular weight excluding hydrogens is 291 g/mol. The summed E-state index contributed by atoms with van der Waals surface area (Å²) in [7, 11) is 0. The van der Waals surface area contributed by atoms with Crippen LogP contribution in [0.25, 0.3) is 0 Å². The van der Waals surface area contributed by atoms with E-state index in [1.54, 1.807) is 0 Å². The van der Waals surface area contributed by atoms with Gasteiger partial charge in [0.15, 0.2) is 0 Å². The second-order valence-corrected chi connectivity index (χ2v) is 5.23. The quantitative estimate of drug-likeness (QED) is 0.371. The molecule has 6 nitrogen and oxygen atoms in total. The Hall–Kier alpha value is -2.57. The third-order valence-electron chi connectivity index (χ3n) is 3.82. The molecule has 7 heteroatoms. The molecule has 2 aliphatic carbocycles. The van der Waals surface area contributed by atoms with E-state index in [-0.39, 0.29) is 18.5 Å². The number of hydrogen-bond acceptors (Lipinski definition) is 4. The monoisotopic (exact) mass is 306 g/mol. The minimum atomic E-state index is -1.03.